The lowest BCUT2D eigenvalue weighted by atomic mass is 9.96. The van der Waals surface area contributed by atoms with E-state index in [4.69, 9.17) is 5.73 Å². The summed E-state index contributed by atoms with van der Waals surface area (Å²) in [6.07, 6.45) is -0.458. The maximum atomic E-state index is 9.82. The first-order valence-electron chi connectivity index (χ1n) is 4.57. The molecule has 0 aliphatic rings. The van der Waals surface area contributed by atoms with Gasteiger partial charge in [-0.05, 0) is 18.4 Å². The Hall–Kier alpha value is -1.02. The minimum Gasteiger partial charge on any atom is -0.398 e. The topological polar surface area (TPSA) is 46.2 Å². The van der Waals surface area contributed by atoms with Gasteiger partial charge in [0.25, 0.3) is 0 Å². The van der Waals surface area contributed by atoms with Crippen molar-refractivity contribution in [3.8, 4) is 0 Å². The van der Waals surface area contributed by atoms with Crippen molar-refractivity contribution >= 4 is 5.69 Å². The predicted octanol–water partition coefficient (Wildman–Crippen LogP) is 2.27. The minimum atomic E-state index is -0.458. The third-order valence-corrected chi connectivity index (χ3v) is 2.31. The Bertz CT molecular complexity index is 294. The van der Waals surface area contributed by atoms with Crippen LogP contribution in [-0.2, 0) is 0 Å². The molecule has 0 heterocycles. The first-order chi connectivity index (χ1) is 6.04. The van der Waals surface area contributed by atoms with E-state index in [0.29, 0.717) is 5.69 Å². The summed E-state index contributed by atoms with van der Waals surface area (Å²) < 4.78 is 0. The van der Waals surface area contributed by atoms with E-state index >= 15 is 0 Å². The largest absolute Gasteiger partial charge is 0.398 e. The zero-order chi connectivity index (χ0) is 10.0. The Morgan fingerprint density at radius 1 is 1.31 bits per heavy atom. The lowest BCUT2D eigenvalue weighted by molar-refractivity contribution is 0.127. The SMILES string of the molecule is Cc1cccc(C(O)C(C)C)c1N. The lowest BCUT2D eigenvalue weighted by Crippen LogP contribution is -2.09. The van der Waals surface area contributed by atoms with E-state index in [0.717, 1.165) is 11.1 Å². The van der Waals surface area contributed by atoms with Crippen molar-refractivity contribution in [2.45, 2.75) is 26.9 Å². The van der Waals surface area contributed by atoms with Gasteiger partial charge in [0.1, 0.15) is 0 Å². The Labute approximate surface area is 79.4 Å². The number of aliphatic hydroxyl groups is 1. The molecule has 0 amide bonds. The highest BCUT2D eigenvalue weighted by atomic mass is 16.3. The minimum absolute atomic E-state index is 0.198. The molecule has 0 spiro atoms. The molecular weight excluding hydrogens is 162 g/mol. The number of nitrogens with two attached hydrogens (primary N) is 1. The van der Waals surface area contributed by atoms with Gasteiger partial charge in [0.15, 0.2) is 0 Å². The second-order valence-electron chi connectivity index (χ2n) is 3.77. The molecule has 0 aromatic heterocycles. The smallest absolute Gasteiger partial charge is 0.0832 e. The van der Waals surface area contributed by atoms with Crippen LogP contribution in [0.3, 0.4) is 0 Å². The standard InChI is InChI=1S/C11H17NO/c1-7(2)11(13)9-6-4-5-8(3)10(9)12/h4-7,11,13H,12H2,1-3H3. The van der Waals surface area contributed by atoms with Gasteiger partial charge in [-0.1, -0.05) is 32.0 Å². The number of hydrogen-bond donors (Lipinski definition) is 2. The van der Waals surface area contributed by atoms with Crippen molar-refractivity contribution in [2.24, 2.45) is 5.92 Å². The van der Waals surface area contributed by atoms with Gasteiger partial charge in [0.05, 0.1) is 6.10 Å². The van der Waals surface area contributed by atoms with E-state index in [-0.39, 0.29) is 5.92 Å². The summed E-state index contributed by atoms with van der Waals surface area (Å²) in [4.78, 5) is 0. The second kappa shape index (κ2) is 3.79. The molecule has 1 unspecified atom stereocenters. The fourth-order valence-electron chi connectivity index (χ4n) is 1.32. The first kappa shape index (κ1) is 10.1. The average molecular weight is 179 g/mol. The number of rotatable bonds is 2. The van der Waals surface area contributed by atoms with Crippen LogP contribution < -0.4 is 5.73 Å². The summed E-state index contributed by atoms with van der Waals surface area (Å²) >= 11 is 0. The van der Waals surface area contributed by atoms with Crippen LogP contribution in [0.4, 0.5) is 5.69 Å². The van der Waals surface area contributed by atoms with Crippen LogP contribution in [0, 0.1) is 12.8 Å². The number of nitrogen functional groups attached to an aromatic ring is 1. The number of aliphatic hydroxyl groups excluding tert-OH is 1. The maximum absolute atomic E-state index is 9.82. The van der Waals surface area contributed by atoms with Gasteiger partial charge in [0.2, 0.25) is 0 Å². The van der Waals surface area contributed by atoms with Gasteiger partial charge in [-0.25, -0.2) is 0 Å². The van der Waals surface area contributed by atoms with Crippen molar-refractivity contribution in [1.29, 1.82) is 0 Å². The molecule has 1 atom stereocenters. The van der Waals surface area contributed by atoms with E-state index < -0.39 is 6.10 Å². The molecule has 0 radical (unpaired) electrons. The third kappa shape index (κ3) is 2.01. The highest BCUT2D eigenvalue weighted by molar-refractivity contribution is 5.54. The molecule has 0 aliphatic heterocycles. The fourth-order valence-corrected chi connectivity index (χ4v) is 1.32. The maximum Gasteiger partial charge on any atom is 0.0832 e. The van der Waals surface area contributed by atoms with E-state index in [2.05, 4.69) is 0 Å². The van der Waals surface area contributed by atoms with Crippen molar-refractivity contribution in [1.82, 2.24) is 0 Å². The number of para-hydroxylation sites is 1. The summed E-state index contributed by atoms with van der Waals surface area (Å²) in [7, 11) is 0. The molecule has 0 aliphatic carbocycles. The molecule has 0 saturated heterocycles. The van der Waals surface area contributed by atoms with E-state index in [9.17, 15) is 5.11 Å². The highest BCUT2D eigenvalue weighted by Crippen LogP contribution is 2.28. The van der Waals surface area contributed by atoms with Crippen molar-refractivity contribution in [3.63, 3.8) is 0 Å². The van der Waals surface area contributed by atoms with E-state index in [1.54, 1.807) is 0 Å². The molecule has 0 bridgehead atoms. The van der Waals surface area contributed by atoms with Crippen LogP contribution >= 0.6 is 0 Å². The van der Waals surface area contributed by atoms with Gasteiger partial charge in [-0.2, -0.15) is 0 Å². The van der Waals surface area contributed by atoms with Crippen molar-refractivity contribution in [2.75, 3.05) is 5.73 Å². The molecule has 0 saturated carbocycles. The van der Waals surface area contributed by atoms with Crippen molar-refractivity contribution in [3.05, 3.63) is 29.3 Å². The predicted molar refractivity (Wildman–Crippen MR) is 55.4 cm³/mol. The zero-order valence-corrected chi connectivity index (χ0v) is 8.41. The van der Waals surface area contributed by atoms with E-state index in [1.807, 2.05) is 39.0 Å². The zero-order valence-electron chi connectivity index (χ0n) is 8.41. The quantitative estimate of drug-likeness (QED) is 0.684. The molecule has 72 valence electrons. The van der Waals surface area contributed by atoms with Crippen LogP contribution in [0.15, 0.2) is 18.2 Å². The van der Waals surface area contributed by atoms with Crippen LogP contribution in [0.25, 0.3) is 0 Å². The molecular formula is C11H17NO. The molecule has 2 heteroatoms. The molecule has 1 aromatic carbocycles. The van der Waals surface area contributed by atoms with Gasteiger partial charge in [-0.3, -0.25) is 0 Å². The third-order valence-electron chi connectivity index (χ3n) is 2.31. The highest BCUT2D eigenvalue weighted by Gasteiger charge is 2.14. The van der Waals surface area contributed by atoms with Crippen molar-refractivity contribution < 1.29 is 5.11 Å². The Morgan fingerprint density at radius 2 is 1.92 bits per heavy atom. The molecule has 13 heavy (non-hydrogen) atoms. The fraction of sp³-hybridized carbons (Fsp3) is 0.455. The number of benzene rings is 1. The Kier molecular flexibility index (Phi) is 2.94. The van der Waals surface area contributed by atoms with Crippen LogP contribution in [0.1, 0.15) is 31.1 Å². The molecule has 2 nitrogen and oxygen atoms in total. The molecule has 3 N–H and O–H groups in total. The van der Waals surface area contributed by atoms with Crippen LogP contribution in [0.2, 0.25) is 0 Å². The van der Waals surface area contributed by atoms with Crippen LogP contribution in [0.5, 0.6) is 0 Å². The summed E-state index contributed by atoms with van der Waals surface area (Å²) in [5, 5.41) is 9.82. The first-order valence-corrected chi connectivity index (χ1v) is 4.57. The summed E-state index contributed by atoms with van der Waals surface area (Å²) in [5.41, 5.74) is 8.44. The average Bonchev–Trinajstić information content (AvgIpc) is 2.08. The second-order valence-corrected chi connectivity index (χ2v) is 3.77. The Balaban J connectivity index is 3.07. The summed E-state index contributed by atoms with van der Waals surface area (Å²) in [5.74, 6) is 0.198. The van der Waals surface area contributed by atoms with Gasteiger partial charge >= 0.3 is 0 Å². The van der Waals surface area contributed by atoms with Crippen LogP contribution in [-0.4, -0.2) is 5.11 Å². The monoisotopic (exact) mass is 179 g/mol. The van der Waals surface area contributed by atoms with E-state index in [1.165, 1.54) is 0 Å². The summed E-state index contributed by atoms with van der Waals surface area (Å²) in [6, 6.07) is 5.76. The Morgan fingerprint density at radius 3 is 2.46 bits per heavy atom. The van der Waals surface area contributed by atoms with Gasteiger partial charge in [-0.15, -0.1) is 0 Å². The summed E-state index contributed by atoms with van der Waals surface area (Å²) in [6.45, 7) is 5.91. The van der Waals surface area contributed by atoms with Gasteiger partial charge < -0.3 is 10.8 Å². The number of anilines is 1. The normalized spacial score (nSPS) is 13.3. The number of hydrogen-bond acceptors (Lipinski definition) is 2. The molecule has 1 rings (SSSR count). The lowest BCUT2D eigenvalue weighted by Gasteiger charge is -2.17. The molecule has 1 aromatic rings. The number of aryl methyl sites for hydroxylation is 1. The van der Waals surface area contributed by atoms with Gasteiger partial charge in [0, 0.05) is 11.3 Å². The molecule has 0 fully saturated rings.